The molecule has 4 aromatic rings. The average Bonchev–Trinajstić information content (AvgIpc) is 3.27. The molecule has 0 spiro atoms. The van der Waals surface area contributed by atoms with E-state index in [1.165, 1.54) is 10.5 Å². The van der Waals surface area contributed by atoms with Crippen molar-refractivity contribution in [2.75, 3.05) is 31.1 Å². The van der Waals surface area contributed by atoms with Crippen LogP contribution in [0.1, 0.15) is 15.2 Å². The molecule has 9 nitrogen and oxygen atoms in total. The van der Waals surface area contributed by atoms with Crippen molar-refractivity contribution in [2.24, 2.45) is 0 Å². The highest BCUT2D eigenvalue weighted by Gasteiger charge is 2.34. The number of amides is 1. The van der Waals surface area contributed by atoms with Gasteiger partial charge >= 0.3 is 6.18 Å². The van der Waals surface area contributed by atoms with Crippen LogP contribution < -0.4 is 10.5 Å². The summed E-state index contributed by atoms with van der Waals surface area (Å²) in [6.45, 7) is 0.820. The Kier molecular flexibility index (Phi) is 5.43. The van der Waals surface area contributed by atoms with Crippen LogP contribution in [0, 0.1) is 10.1 Å². The van der Waals surface area contributed by atoms with Crippen LogP contribution in [-0.2, 0) is 6.18 Å². The number of nitrogens with zero attached hydrogens (tertiary/aromatic N) is 5. The summed E-state index contributed by atoms with van der Waals surface area (Å²) >= 11 is 1.11. The second-order valence-corrected chi connectivity index (χ2v) is 8.94. The van der Waals surface area contributed by atoms with Crippen molar-refractivity contribution in [3.63, 3.8) is 0 Å². The first-order chi connectivity index (χ1) is 16.6. The Morgan fingerprint density at radius 1 is 1.09 bits per heavy atom. The Bertz CT molecular complexity index is 1540. The highest BCUT2D eigenvalue weighted by Crippen LogP contribution is 2.37. The number of hydrogen-bond acceptors (Lipinski definition) is 7. The lowest BCUT2D eigenvalue weighted by molar-refractivity contribution is -0.384. The fourth-order valence-electron chi connectivity index (χ4n) is 4.07. The second-order valence-electron chi connectivity index (χ2n) is 7.91. The molecule has 1 aliphatic rings. The Morgan fingerprint density at radius 2 is 1.83 bits per heavy atom. The molecule has 1 aromatic carbocycles. The number of anilines is 1. The minimum atomic E-state index is -4.69. The zero-order valence-electron chi connectivity index (χ0n) is 17.9. The van der Waals surface area contributed by atoms with Crippen molar-refractivity contribution in [3.05, 3.63) is 79.6 Å². The van der Waals surface area contributed by atoms with Crippen molar-refractivity contribution < 1.29 is 22.9 Å². The smallest absolute Gasteiger partial charge is 0.362 e. The number of fused-ring (bicyclic) bond motifs is 2. The van der Waals surface area contributed by atoms with Gasteiger partial charge < -0.3 is 9.80 Å². The maximum Gasteiger partial charge on any atom is 0.416 e. The fraction of sp³-hybridized carbons (Fsp3) is 0.227. The van der Waals surface area contributed by atoms with Crippen LogP contribution >= 0.6 is 11.3 Å². The largest absolute Gasteiger partial charge is 0.416 e. The maximum absolute atomic E-state index is 13.1. The lowest BCUT2D eigenvalue weighted by Gasteiger charge is -2.35. The summed E-state index contributed by atoms with van der Waals surface area (Å²) in [6, 6.07) is 9.11. The number of piperazine rings is 1. The quantitative estimate of drug-likeness (QED) is 0.311. The molecule has 0 aliphatic carbocycles. The molecule has 180 valence electrons. The molecular weight excluding hydrogens is 487 g/mol. The first-order valence-electron chi connectivity index (χ1n) is 10.4. The van der Waals surface area contributed by atoms with Crippen molar-refractivity contribution in [2.45, 2.75) is 6.18 Å². The topological polar surface area (TPSA) is 101 Å². The standard InChI is InChI=1S/C22H16F3N5O4S/c23-22(24,25)13-4-5-15(16(11-13)30(33)34)27-7-9-28(10-8-27)21(32)17-12-14-19(35-17)26-18-3-1-2-6-29(18)20(14)31/h1-6,11-12H,7-10H2. The molecule has 0 bridgehead atoms. The number of carbonyl (C=O) groups excluding carboxylic acids is 1. The van der Waals surface area contributed by atoms with Gasteiger partial charge in [-0.1, -0.05) is 6.07 Å². The number of halogens is 3. The molecule has 0 unspecified atom stereocenters. The molecule has 1 aliphatic heterocycles. The van der Waals surface area contributed by atoms with E-state index in [2.05, 4.69) is 4.98 Å². The van der Waals surface area contributed by atoms with E-state index in [1.807, 2.05) is 0 Å². The molecule has 0 radical (unpaired) electrons. The van der Waals surface area contributed by atoms with Gasteiger partial charge in [-0.3, -0.25) is 24.1 Å². The Hall–Kier alpha value is -4.00. The predicted octanol–water partition coefficient (Wildman–Crippen LogP) is 3.80. The summed E-state index contributed by atoms with van der Waals surface area (Å²) < 4.78 is 40.4. The number of alkyl halides is 3. The molecule has 0 atom stereocenters. The third-order valence-electron chi connectivity index (χ3n) is 5.83. The zero-order chi connectivity index (χ0) is 24.9. The third kappa shape index (κ3) is 4.07. The van der Waals surface area contributed by atoms with Gasteiger partial charge in [-0.2, -0.15) is 13.2 Å². The van der Waals surface area contributed by atoms with Crippen LogP contribution in [0.25, 0.3) is 15.9 Å². The number of aromatic nitrogens is 2. The van der Waals surface area contributed by atoms with Gasteiger partial charge in [0, 0.05) is 38.4 Å². The average molecular weight is 503 g/mol. The van der Waals surface area contributed by atoms with Crippen molar-refractivity contribution in [1.29, 1.82) is 0 Å². The van der Waals surface area contributed by atoms with Crippen molar-refractivity contribution >= 4 is 44.5 Å². The van der Waals surface area contributed by atoms with Gasteiger partial charge in [-0.25, -0.2) is 4.98 Å². The zero-order valence-corrected chi connectivity index (χ0v) is 18.7. The van der Waals surface area contributed by atoms with Crippen LogP contribution in [-0.4, -0.2) is 51.3 Å². The molecule has 1 saturated heterocycles. The maximum atomic E-state index is 13.1. The van der Waals surface area contributed by atoms with E-state index in [9.17, 15) is 32.9 Å². The molecule has 3 aromatic heterocycles. The first-order valence-corrected chi connectivity index (χ1v) is 11.3. The summed E-state index contributed by atoms with van der Waals surface area (Å²) in [7, 11) is 0. The van der Waals surface area contributed by atoms with E-state index in [0.717, 1.165) is 23.5 Å². The van der Waals surface area contributed by atoms with E-state index in [1.54, 1.807) is 34.2 Å². The van der Waals surface area contributed by atoms with Gasteiger partial charge in [0.15, 0.2) is 0 Å². The second kappa shape index (κ2) is 8.34. The van der Waals surface area contributed by atoms with Crippen molar-refractivity contribution in [1.82, 2.24) is 14.3 Å². The van der Waals surface area contributed by atoms with E-state index < -0.39 is 22.4 Å². The van der Waals surface area contributed by atoms with E-state index >= 15 is 0 Å². The summed E-state index contributed by atoms with van der Waals surface area (Å²) in [5.74, 6) is -0.303. The lowest BCUT2D eigenvalue weighted by Crippen LogP contribution is -2.48. The fourth-order valence-corrected chi connectivity index (χ4v) is 5.07. The highest BCUT2D eigenvalue weighted by atomic mass is 32.1. The van der Waals surface area contributed by atoms with E-state index in [0.29, 0.717) is 26.8 Å². The molecule has 0 N–H and O–H groups in total. The highest BCUT2D eigenvalue weighted by molar-refractivity contribution is 7.20. The van der Waals surface area contributed by atoms with Crippen LogP contribution in [0.4, 0.5) is 24.5 Å². The number of thiophene rings is 1. The molecule has 1 amide bonds. The monoisotopic (exact) mass is 503 g/mol. The van der Waals surface area contributed by atoms with Gasteiger partial charge in [0.1, 0.15) is 16.2 Å². The molecule has 35 heavy (non-hydrogen) atoms. The number of carbonyl (C=O) groups is 1. The van der Waals surface area contributed by atoms with Gasteiger partial charge in [-0.05, 0) is 30.3 Å². The molecule has 0 saturated carbocycles. The van der Waals surface area contributed by atoms with Gasteiger partial charge in [0.05, 0.1) is 20.8 Å². The molecule has 1 fully saturated rings. The Labute approximate surface area is 198 Å². The number of nitro groups is 1. The van der Waals surface area contributed by atoms with E-state index in [4.69, 9.17) is 0 Å². The summed E-state index contributed by atoms with van der Waals surface area (Å²) in [5, 5.41) is 11.8. The molecular formula is C22H16F3N5O4S. The normalized spacial score (nSPS) is 14.6. The lowest BCUT2D eigenvalue weighted by atomic mass is 10.1. The van der Waals surface area contributed by atoms with Crippen LogP contribution in [0.5, 0.6) is 0 Å². The summed E-state index contributed by atoms with van der Waals surface area (Å²) in [5.41, 5.74) is -1.47. The number of nitro benzene ring substituents is 1. The Morgan fingerprint density at radius 3 is 2.51 bits per heavy atom. The van der Waals surface area contributed by atoms with Gasteiger partial charge in [-0.15, -0.1) is 11.3 Å². The summed E-state index contributed by atoms with van der Waals surface area (Å²) in [6.07, 6.45) is -3.09. The molecule has 5 rings (SSSR count). The minimum absolute atomic E-state index is 0.0703. The number of benzene rings is 1. The molecule has 13 heteroatoms. The van der Waals surface area contributed by atoms with Gasteiger partial charge in [0.25, 0.3) is 17.2 Å². The number of pyridine rings is 1. The SMILES string of the molecule is O=C(c1cc2c(=O)n3ccccc3nc2s1)N1CCN(c2ccc(C(F)(F)F)cc2[N+](=O)[O-])CC1. The molecule has 4 heterocycles. The summed E-state index contributed by atoms with van der Waals surface area (Å²) in [4.78, 5) is 44.8. The van der Waals surface area contributed by atoms with E-state index in [-0.39, 0.29) is 43.3 Å². The third-order valence-corrected chi connectivity index (χ3v) is 6.85. The number of hydrogen-bond donors (Lipinski definition) is 0. The van der Waals surface area contributed by atoms with Gasteiger partial charge in [0.2, 0.25) is 0 Å². The van der Waals surface area contributed by atoms with Crippen molar-refractivity contribution in [3.8, 4) is 0 Å². The van der Waals surface area contributed by atoms with Crippen LogP contribution in [0.15, 0.2) is 53.5 Å². The van der Waals surface area contributed by atoms with Crippen LogP contribution in [0.3, 0.4) is 0 Å². The number of rotatable bonds is 3. The minimum Gasteiger partial charge on any atom is -0.362 e. The Balaban J connectivity index is 1.36. The predicted molar refractivity (Wildman–Crippen MR) is 123 cm³/mol. The first kappa shape index (κ1) is 22.8. The van der Waals surface area contributed by atoms with Crippen LogP contribution in [0.2, 0.25) is 0 Å².